The minimum Gasteiger partial charge on any atom is -0.327 e. The number of hydrazine groups is 1. The monoisotopic (exact) mass is 348 g/mol. The van der Waals surface area contributed by atoms with E-state index in [1.807, 2.05) is 37.8 Å². The maximum atomic E-state index is 5.64. The van der Waals surface area contributed by atoms with Gasteiger partial charge in [-0.2, -0.15) is 5.10 Å². The van der Waals surface area contributed by atoms with Crippen LogP contribution >= 0.6 is 0 Å². The summed E-state index contributed by atoms with van der Waals surface area (Å²) in [5.41, 5.74) is 18.8. The Morgan fingerprint density at radius 2 is 2.15 bits per heavy atom. The van der Waals surface area contributed by atoms with E-state index < -0.39 is 0 Å². The third-order valence-corrected chi connectivity index (χ3v) is 5.09. The number of nitrogens with zero attached hydrogens (tertiary/aromatic N) is 3. The second-order valence-corrected chi connectivity index (χ2v) is 7.19. The third-order valence-electron chi connectivity index (χ3n) is 5.09. The van der Waals surface area contributed by atoms with Crippen molar-refractivity contribution in [2.45, 2.75) is 19.8 Å². The number of nitrogens with two attached hydrogens (primary N) is 1. The predicted molar refractivity (Wildman–Crippen MR) is 104 cm³/mol. The van der Waals surface area contributed by atoms with Crippen molar-refractivity contribution in [2.75, 3.05) is 6.54 Å². The number of allylic oxidation sites excluding steroid dienone is 2. The zero-order valence-electron chi connectivity index (χ0n) is 15.2. The van der Waals surface area contributed by atoms with Crippen LogP contribution in [-0.4, -0.2) is 21.3 Å². The van der Waals surface area contributed by atoms with Crippen LogP contribution in [-0.2, 0) is 7.05 Å². The molecular weight excluding hydrogens is 324 g/mol. The lowest BCUT2D eigenvalue weighted by molar-refractivity contribution is 0.670. The maximum absolute atomic E-state index is 5.64. The van der Waals surface area contributed by atoms with Crippen LogP contribution in [0.3, 0.4) is 0 Å². The van der Waals surface area contributed by atoms with Crippen molar-refractivity contribution in [3.05, 3.63) is 59.8 Å². The van der Waals surface area contributed by atoms with Crippen LogP contribution in [0.5, 0.6) is 0 Å². The average molecular weight is 348 g/mol. The fraction of sp³-hybridized carbons (Fsp3) is 0.300. The standard InChI is InChI=1S/C20H24N6/c1-20(5-6-20)16-9-19(25-23-12-16)17-8-14(15-11-24-26(2)13-15)10-22-18(17)4-3-7-21/h3-4,8-13,23,25H,5-7,21H2,1-2H3/b4-3-. The van der Waals surface area contributed by atoms with Gasteiger partial charge in [0.2, 0.25) is 0 Å². The van der Waals surface area contributed by atoms with Crippen molar-refractivity contribution < 1.29 is 0 Å². The molecule has 4 rings (SSSR count). The van der Waals surface area contributed by atoms with Crippen molar-refractivity contribution >= 4 is 11.8 Å². The van der Waals surface area contributed by atoms with Crippen molar-refractivity contribution in [2.24, 2.45) is 18.2 Å². The summed E-state index contributed by atoms with van der Waals surface area (Å²) in [6, 6.07) is 2.15. The first kappa shape index (κ1) is 16.6. The highest BCUT2D eigenvalue weighted by Gasteiger charge is 2.40. The molecule has 0 bridgehead atoms. The van der Waals surface area contributed by atoms with E-state index in [1.165, 1.54) is 18.4 Å². The summed E-state index contributed by atoms with van der Waals surface area (Å²) in [4.78, 5) is 4.67. The van der Waals surface area contributed by atoms with Gasteiger partial charge in [-0.05, 0) is 42.0 Å². The molecule has 1 aliphatic heterocycles. The molecule has 2 aliphatic rings. The van der Waals surface area contributed by atoms with Gasteiger partial charge in [0.05, 0.1) is 17.6 Å². The predicted octanol–water partition coefficient (Wildman–Crippen LogP) is 2.59. The van der Waals surface area contributed by atoms with Crippen LogP contribution in [0.2, 0.25) is 0 Å². The number of aromatic nitrogens is 3. The first-order valence-electron chi connectivity index (χ1n) is 8.89. The lowest BCUT2D eigenvalue weighted by atomic mass is 9.95. The van der Waals surface area contributed by atoms with E-state index in [-0.39, 0.29) is 0 Å². The van der Waals surface area contributed by atoms with Crippen LogP contribution in [0.15, 0.2) is 48.6 Å². The summed E-state index contributed by atoms with van der Waals surface area (Å²) in [6.45, 7) is 2.79. The van der Waals surface area contributed by atoms with Crippen LogP contribution in [0, 0.1) is 5.41 Å². The van der Waals surface area contributed by atoms with Gasteiger partial charge in [0.25, 0.3) is 0 Å². The Bertz CT molecular complexity index is 914. The fourth-order valence-corrected chi connectivity index (χ4v) is 3.13. The first-order chi connectivity index (χ1) is 12.6. The number of rotatable bonds is 5. The van der Waals surface area contributed by atoms with Crippen molar-refractivity contribution in [1.29, 1.82) is 0 Å². The van der Waals surface area contributed by atoms with Crippen molar-refractivity contribution in [3.63, 3.8) is 0 Å². The molecule has 0 saturated heterocycles. The average Bonchev–Trinajstić information content (AvgIpc) is 3.27. The highest BCUT2D eigenvalue weighted by atomic mass is 15.4. The number of aryl methyl sites for hydroxylation is 1. The summed E-state index contributed by atoms with van der Waals surface area (Å²) >= 11 is 0. The Morgan fingerprint density at radius 3 is 2.85 bits per heavy atom. The Kier molecular flexibility index (Phi) is 4.12. The number of hydrogen-bond donors (Lipinski definition) is 3. The molecule has 2 aromatic rings. The second-order valence-electron chi connectivity index (χ2n) is 7.19. The lowest BCUT2D eigenvalue weighted by Crippen LogP contribution is -2.30. The van der Waals surface area contributed by atoms with Crippen LogP contribution in [0.1, 0.15) is 31.0 Å². The minimum absolute atomic E-state index is 0.294. The van der Waals surface area contributed by atoms with Crippen LogP contribution < -0.4 is 16.6 Å². The SMILES string of the molecule is Cn1cc(-c2cnc(/C=C\CN)c(C3=CC(C4(C)CC4)=CNN3)c2)cn1. The minimum atomic E-state index is 0.294. The molecule has 26 heavy (non-hydrogen) atoms. The Labute approximate surface area is 153 Å². The quantitative estimate of drug-likeness (QED) is 0.774. The molecule has 6 heteroatoms. The molecule has 0 amide bonds. The normalized spacial score (nSPS) is 18.1. The summed E-state index contributed by atoms with van der Waals surface area (Å²) in [7, 11) is 1.92. The van der Waals surface area contributed by atoms with Crippen molar-refractivity contribution in [1.82, 2.24) is 25.6 Å². The topological polar surface area (TPSA) is 80.8 Å². The Balaban J connectivity index is 1.78. The zero-order chi connectivity index (χ0) is 18.1. The third kappa shape index (κ3) is 3.15. The van der Waals surface area contributed by atoms with E-state index in [4.69, 9.17) is 5.73 Å². The number of hydrogen-bond acceptors (Lipinski definition) is 5. The summed E-state index contributed by atoms with van der Waals surface area (Å²) < 4.78 is 1.80. The largest absolute Gasteiger partial charge is 0.327 e. The van der Waals surface area contributed by atoms with Crippen LogP contribution in [0.4, 0.5) is 0 Å². The first-order valence-corrected chi connectivity index (χ1v) is 8.89. The molecule has 0 aromatic carbocycles. The molecular formula is C20H24N6. The molecule has 3 heterocycles. The van der Waals surface area contributed by atoms with Gasteiger partial charge in [-0.3, -0.25) is 9.67 Å². The van der Waals surface area contributed by atoms with Gasteiger partial charge in [-0.15, -0.1) is 0 Å². The lowest BCUT2D eigenvalue weighted by Gasteiger charge is -2.22. The Hall–Kier alpha value is -2.86. The molecule has 1 saturated carbocycles. The molecule has 134 valence electrons. The zero-order valence-corrected chi connectivity index (χ0v) is 15.2. The van der Waals surface area contributed by atoms with Gasteiger partial charge >= 0.3 is 0 Å². The summed E-state index contributed by atoms with van der Waals surface area (Å²) in [5.74, 6) is 0. The van der Waals surface area contributed by atoms with Gasteiger partial charge in [0.15, 0.2) is 0 Å². The van der Waals surface area contributed by atoms with Gasteiger partial charge in [-0.1, -0.05) is 13.0 Å². The molecule has 2 aromatic heterocycles. The summed E-state index contributed by atoms with van der Waals surface area (Å²) in [5, 5.41) is 4.27. The van der Waals surface area contributed by atoms with Gasteiger partial charge in [0, 0.05) is 48.9 Å². The maximum Gasteiger partial charge on any atom is 0.0721 e. The highest BCUT2D eigenvalue weighted by Crippen LogP contribution is 2.52. The smallest absolute Gasteiger partial charge is 0.0721 e. The molecule has 6 nitrogen and oxygen atoms in total. The van der Waals surface area contributed by atoms with E-state index >= 15 is 0 Å². The molecule has 0 radical (unpaired) electrons. The molecule has 0 atom stereocenters. The summed E-state index contributed by atoms with van der Waals surface area (Å²) in [6.07, 6.45) is 16.4. The van der Waals surface area contributed by atoms with Crippen molar-refractivity contribution in [3.8, 4) is 11.1 Å². The van der Waals surface area contributed by atoms with E-state index in [0.29, 0.717) is 12.0 Å². The van der Waals surface area contributed by atoms with Gasteiger partial charge in [0.1, 0.15) is 0 Å². The number of nitrogens with one attached hydrogen (secondary N) is 2. The van der Waals surface area contributed by atoms with E-state index in [2.05, 4.69) is 46.2 Å². The molecule has 0 spiro atoms. The highest BCUT2D eigenvalue weighted by molar-refractivity contribution is 5.78. The number of pyridine rings is 1. The van der Waals surface area contributed by atoms with E-state index in [1.54, 1.807) is 4.68 Å². The fourth-order valence-electron chi connectivity index (χ4n) is 3.13. The molecule has 1 aliphatic carbocycles. The second kappa shape index (κ2) is 6.46. The van der Waals surface area contributed by atoms with Gasteiger partial charge in [-0.25, -0.2) is 0 Å². The Morgan fingerprint density at radius 1 is 1.31 bits per heavy atom. The van der Waals surface area contributed by atoms with Gasteiger partial charge < -0.3 is 16.6 Å². The van der Waals surface area contributed by atoms with Crippen LogP contribution in [0.25, 0.3) is 22.9 Å². The molecule has 0 unspecified atom stereocenters. The molecule has 4 N–H and O–H groups in total. The van der Waals surface area contributed by atoms with E-state index in [9.17, 15) is 0 Å². The van der Waals surface area contributed by atoms with E-state index in [0.717, 1.165) is 28.1 Å². The molecule has 1 fully saturated rings.